The lowest BCUT2D eigenvalue weighted by atomic mass is 9.85. The van der Waals surface area contributed by atoms with Crippen LogP contribution in [0.1, 0.15) is 18.1 Å². The average molecular weight is 501 g/mol. The maximum absolute atomic E-state index is 15.0. The molecule has 35 heavy (non-hydrogen) atoms. The van der Waals surface area contributed by atoms with E-state index in [1.807, 2.05) is 12.1 Å². The second-order valence-electron chi connectivity index (χ2n) is 8.55. The van der Waals surface area contributed by atoms with E-state index in [2.05, 4.69) is 10.1 Å². The molecule has 9 heteroatoms. The fourth-order valence-corrected chi connectivity index (χ4v) is 4.24. The van der Waals surface area contributed by atoms with Crippen LogP contribution in [0, 0.1) is 17.5 Å². The van der Waals surface area contributed by atoms with Gasteiger partial charge in [0.2, 0.25) is 0 Å². The molecule has 1 heterocycles. The lowest BCUT2D eigenvalue weighted by Gasteiger charge is -2.40. The van der Waals surface area contributed by atoms with Gasteiger partial charge >= 0.3 is 0 Å². The van der Waals surface area contributed by atoms with Gasteiger partial charge in [-0.05, 0) is 49.4 Å². The van der Waals surface area contributed by atoms with Crippen molar-refractivity contribution in [2.75, 3.05) is 7.05 Å². The molecule has 2 atom stereocenters. The summed E-state index contributed by atoms with van der Waals surface area (Å²) in [5.41, 5.74) is 0.0252. The topological polar surface area (TPSA) is 54.2 Å². The minimum absolute atomic E-state index is 0.0905. The Labute approximate surface area is 206 Å². The van der Waals surface area contributed by atoms with E-state index in [0.717, 1.165) is 17.7 Å². The molecular weight excluding hydrogens is 477 g/mol. The highest BCUT2D eigenvalue weighted by Gasteiger charge is 2.41. The zero-order valence-corrected chi connectivity index (χ0v) is 19.9. The molecular formula is C26H24ClF3N4O. The summed E-state index contributed by atoms with van der Waals surface area (Å²) >= 11 is 5.93. The highest BCUT2D eigenvalue weighted by Crippen LogP contribution is 2.33. The molecule has 0 unspecified atom stereocenters. The molecule has 4 rings (SSSR count). The number of halogens is 4. The van der Waals surface area contributed by atoms with Crippen molar-refractivity contribution in [1.82, 2.24) is 19.7 Å². The third kappa shape index (κ3) is 5.40. The van der Waals surface area contributed by atoms with Gasteiger partial charge in [0.1, 0.15) is 35.7 Å². The standard InChI is InChI=1S/C26H24ClF3N4O/c1-17(26(35,14-34-16-31-15-32-34)23-10-9-22(28)12-25(23)30)33(2)13-20-4-3-19(11-24(20)29)18-5-7-21(27)8-6-18/h3-12,15-17,35H,13-14H2,1-2H3/t17-,26-/m1/s1. The van der Waals surface area contributed by atoms with Crippen molar-refractivity contribution in [3.05, 3.63) is 107 Å². The molecule has 0 amide bonds. The van der Waals surface area contributed by atoms with Crippen molar-refractivity contribution >= 4 is 11.6 Å². The molecule has 0 aliphatic heterocycles. The van der Waals surface area contributed by atoms with Gasteiger partial charge in [-0.15, -0.1) is 0 Å². The van der Waals surface area contributed by atoms with Gasteiger partial charge in [0.15, 0.2) is 0 Å². The summed E-state index contributed by atoms with van der Waals surface area (Å²) in [5.74, 6) is -2.05. The van der Waals surface area contributed by atoms with Gasteiger partial charge in [-0.2, -0.15) is 5.10 Å². The number of aliphatic hydroxyl groups is 1. The molecule has 1 aromatic heterocycles. The van der Waals surface area contributed by atoms with Crippen LogP contribution in [0.3, 0.4) is 0 Å². The van der Waals surface area contributed by atoms with E-state index >= 15 is 4.39 Å². The second-order valence-corrected chi connectivity index (χ2v) is 8.98. The maximum atomic E-state index is 15.0. The van der Waals surface area contributed by atoms with E-state index in [-0.39, 0.29) is 18.7 Å². The molecule has 0 aliphatic rings. The van der Waals surface area contributed by atoms with Crippen LogP contribution in [-0.2, 0) is 18.7 Å². The molecule has 3 aromatic carbocycles. The monoisotopic (exact) mass is 500 g/mol. The minimum atomic E-state index is -1.82. The molecule has 0 bridgehead atoms. The Morgan fingerprint density at radius 1 is 1.00 bits per heavy atom. The molecule has 0 spiro atoms. The highest BCUT2D eigenvalue weighted by molar-refractivity contribution is 6.30. The fraction of sp³-hybridized carbons (Fsp3) is 0.231. The Hall–Kier alpha value is -3.20. The van der Waals surface area contributed by atoms with Gasteiger partial charge in [-0.3, -0.25) is 4.90 Å². The summed E-state index contributed by atoms with van der Waals surface area (Å²) in [6.45, 7) is 1.69. The van der Waals surface area contributed by atoms with Crippen LogP contribution in [-0.4, -0.2) is 37.9 Å². The van der Waals surface area contributed by atoms with Gasteiger partial charge in [0, 0.05) is 34.8 Å². The zero-order chi connectivity index (χ0) is 25.2. The van der Waals surface area contributed by atoms with Crippen LogP contribution < -0.4 is 0 Å². The third-order valence-corrected chi connectivity index (χ3v) is 6.52. The number of likely N-dealkylation sites (N-methyl/N-ethyl adjacent to an activating group) is 1. The molecule has 0 saturated carbocycles. The molecule has 1 N–H and O–H groups in total. The number of rotatable bonds is 8. The smallest absolute Gasteiger partial charge is 0.137 e. The van der Waals surface area contributed by atoms with Crippen LogP contribution in [0.15, 0.2) is 73.3 Å². The van der Waals surface area contributed by atoms with E-state index in [4.69, 9.17) is 11.6 Å². The average Bonchev–Trinajstić information content (AvgIpc) is 3.33. The van der Waals surface area contributed by atoms with Gasteiger partial charge in [-0.1, -0.05) is 41.9 Å². The van der Waals surface area contributed by atoms with Crippen molar-refractivity contribution in [3.8, 4) is 11.1 Å². The summed E-state index contributed by atoms with van der Waals surface area (Å²) in [5, 5.41) is 16.3. The summed E-state index contributed by atoms with van der Waals surface area (Å²) in [7, 11) is 1.70. The van der Waals surface area contributed by atoms with E-state index in [1.165, 1.54) is 29.5 Å². The van der Waals surface area contributed by atoms with E-state index < -0.39 is 29.1 Å². The summed E-state index contributed by atoms with van der Waals surface area (Å²) in [6.07, 6.45) is 2.70. The van der Waals surface area contributed by atoms with Crippen molar-refractivity contribution in [2.45, 2.75) is 31.7 Å². The number of nitrogens with zero attached hydrogens (tertiary/aromatic N) is 4. The van der Waals surface area contributed by atoms with Gasteiger partial charge in [-0.25, -0.2) is 22.8 Å². The molecule has 182 valence electrons. The van der Waals surface area contributed by atoms with E-state index in [1.54, 1.807) is 43.1 Å². The number of aromatic nitrogens is 3. The highest BCUT2D eigenvalue weighted by atomic mass is 35.5. The van der Waals surface area contributed by atoms with Crippen LogP contribution >= 0.6 is 11.6 Å². The Morgan fingerprint density at radius 2 is 1.71 bits per heavy atom. The number of hydrogen-bond acceptors (Lipinski definition) is 4. The van der Waals surface area contributed by atoms with Crippen molar-refractivity contribution in [2.24, 2.45) is 0 Å². The zero-order valence-electron chi connectivity index (χ0n) is 19.2. The van der Waals surface area contributed by atoms with Crippen molar-refractivity contribution in [3.63, 3.8) is 0 Å². The third-order valence-electron chi connectivity index (χ3n) is 6.27. The quantitative estimate of drug-likeness (QED) is 0.351. The lowest BCUT2D eigenvalue weighted by molar-refractivity contribution is -0.0593. The first-order valence-electron chi connectivity index (χ1n) is 10.9. The lowest BCUT2D eigenvalue weighted by Crippen LogP contribution is -2.50. The molecule has 5 nitrogen and oxygen atoms in total. The summed E-state index contributed by atoms with van der Waals surface area (Å²) in [4.78, 5) is 5.58. The Bertz CT molecular complexity index is 1300. The van der Waals surface area contributed by atoms with Gasteiger partial charge < -0.3 is 5.11 Å². The van der Waals surface area contributed by atoms with E-state index in [0.29, 0.717) is 16.1 Å². The SMILES string of the molecule is C[C@@H](N(C)Cc1ccc(-c2ccc(Cl)cc2)cc1F)[C@](O)(Cn1cncn1)c1ccc(F)cc1F. The predicted molar refractivity (Wildman–Crippen MR) is 128 cm³/mol. The van der Waals surface area contributed by atoms with Crippen LogP contribution in [0.25, 0.3) is 11.1 Å². The molecule has 0 aliphatic carbocycles. The Morgan fingerprint density at radius 3 is 2.34 bits per heavy atom. The largest absolute Gasteiger partial charge is 0.381 e. The first-order valence-corrected chi connectivity index (χ1v) is 11.3. The first-order chi connectivity index (χ1) is 16.7. The summed E-state index contributed by atoms with van der Waals surface area (Å²) < 4.78 is 44.8. The number of hydrogen-bond donors (Lipinski definition) is 1. The van der Waals surface area contributed by atoms with Gasteiger partial charge in [0.05, 0.1) is 6.54 Å². The minimum Gasteiger partial charge on any atom is -0.381 e. The molecule has 0 fully saturated rings. The molecule has 0 saturated heterocycles. The number of benzene rings is 3. The molecule has 0 radical (unpaired) electrons. The van der Waals surface area contributed by atoms with Crippen molar-refractivity contribution < 1.29 is 18.3 Å². The maximum Gasteiger partial charge on any atom is 0.137 e. The fourth-order valence-electron chi connectivity index (χ4n) is 4.11. The Balaban J connectivity index is 1.61. The predicted octanol–water partition coefficient (Wildman–Crippen LogP) is 5.42. The van der Waals surface area contributed by atoms with Crippen molar-refractivity contribution in [1.29, 1.82) is 0 Å². The molecule has 4 aromatic rings. The van der Waals surface area contributed by atoms with Crippen LogP contribution in [0.4, 0.5) is 13.2 Å². The summed E-state index contributed by atoms with van der Waals surface area (Å²) in [6, 6.07) is 14.3. The van der Waals surface area contributed by atoms with Gasteiger partial charge in [0.25, 0.3) is 0 Å². The second kappa shape index (κ2) is 10.2. The van der Waals surface area contributed by atoms with Crippen LogP contribution in [0.5, 0.6) is 0 Å². The first kappa shape index (κ1) is 24.9. The Kier molecular flexibility index (Phi) is 7.25. The normalized spacial score (nSPS) is 14.2. The van der Waals surface area contributed by atoms with Crippen LogP contribution in [0.2, 0.25) is 5.02 Å². The van der Waals surface area contributed by atoms with E-state index in [9.17, 15) is 13.9 Å².